The number of carbonyl (C=O) groups excluding carboxylic acids is 1. The lowest BCUT2D eigenvalue weighted by atomic mass is 9.82. The van der Waals surface area contributed by atoms with Gasteiger partial charge in [0.25, 0.3) is 0 Å². The summed E-state index contributed by atoms with van der Waals surface area (Å²) in [6.45, 7) is 0. The van der Waals surface area contributed by atoms with Crippen LogP contribution in [0.1, 0.15) is 29.0 Å². The van der Waals surface area contributed by atoms with Gasteiger partial charge in [0.15, 0.2) is 5.82 Å². The standard InChI is InChI=1S/C19H14F3N3O/c20-19(21,22)14-9-5-4-8-12(14)13-10-15(26)23-18-16(13)17(24-25-18)11-6-2-1-3-7-11/h1-9,13H,10H2,(H2,23,24,25,26)/t13-/m1/s1. The van der Waals surface area contributed by atoms with Gasteiger partial charge in [-0.2, -0.15) is 18.3 Å². The number of amides is 1. The Morgan fingerprint density at radius 2 is 1.69 bits per heavy atom. The molecule has 132 valence electrons. The van der Waals surface area contributed by atoms with Crippen LogP contribution >= 0.6 is 0 Å². The van der Waals surface area contributed by atoms with Gasteiger partial charge in [-0.25, -0.2) is 0 Å². The fourth-order valence-electron chi connectivity index (χ4n) is 3.41. The highest BCUT2D eigenvalue weighted by Gasteiger charge is 2.39. The van der Waals surface area contributed by atoms with Crippen LogP contribution in [0.25, 0.3) is 11.3 Å². The zero-order valence-electron chi connectivity index (χ0n) is 13.5. The SMILES string of the molecule is O=C1C[C@H](c2ccccc2C(F)(F)F)c2c(n[nH]c2-c2ccccc2)N1. The van der Waals surface area contributed by atoms with E-state index in [0.29, 0.717) is 11.3 Å². The Morgan fingerprint density at radius 3 is 2.42 bits per heavy atom. The molecule has 0 radical (unpaired) electrons. The number of alkyl halides is 3. The summed E-state index contributed by atoms with van der Waals surface area (Å²) >= 11 is 0. The van der Waals surface area contributed by atoms with Gasteiger partial charge in [-0.15, -0.1) is 0 Å². The van der Waals surface area contributed by atoms with Crippen LogP contribution in [0.3, 0.4) is 0 Å². The minimum absolute atomic E-state index is 0.0700. The first kappa shape index (κ1) is 16.4. The van der Waals surface area contributed by atoms with Gasteiger partial charge in [0.05, 0.1) is 11.3 Å². The highest BCUT2D eigenvalue weighted by molar-refractivity contribution is 5.96. The average molecular weight is 357 g/mol. The fraction of sp³-hybridized carbons (Fsp3) is 0.158. The van der Waals surface area contributed by atoms with Gasteiger partial charge in [0.1, 0.15) is 0 Å². The summed E-state index contributed by atoms with van der Waals surface area (Å²) in [5.41, 5.74) is 1.34. The van der Waals surface area contributed by atoms with E-state index in [9.17, 15) is 18.0 Å². The molecule has 0 bridgehead atoms. The van der Waals surface area contributed by atoms with Crippen LogP contribution in [0.2, 0.25) is 0 Å². The summed E-state index contributed by atoms with van der Waals surface area (Å²) in [5.74, 6) is -0.807. The van der Waals surface area contributed by atoms with Crippen LogP contribution in [0.15, 0.2) is 54.6 Å². The molecule has 0 saturated heterocycles. The molecule has 7 heteroatoms. The van der Waals surface area contributed by atoms with Crippen molar-refractivity contribution < 1.29 is 18.0 Å². The van der Waals surface area contributed by atoms with E-state index < -0.39 is 17.7 Å². The van der Waals surface area contributed by atoms with Crippen molar-refractivity contribution in [2.24, 2.45) is 0 Å². The molecule has 2 N–H and O–H groups in total. The Bertz CT molecular complexity index is 964. The Balaban J connectivity index is 1.92. The van der Waals surface area contributed by atoms with Crippen molar-refractivity contribution >= 4 is 11.7 Å². The van der Waals surface area contributed by atoms with Gasteiger partial charge in [-0.3, -0.25) is 9.89 Å². The zero-order valence-corrected chi connectivity index (χ0v) is 13.5. The fourth-order valence-corrected chi connectivity index (χ4v) is 3.41. The molecular weight excluding hydrogens is 343 g/mol. The Labute approximate surface area is 147 Å². The van der Waals surface area contributed by atoms with Crippen molar-refractivity contribution in [3.05, 3.63) is 71.3 Å². The molecule has 0 saturated carbocycles. The molecule has 1 aliphatic heterocycles. The molecule has 0 unspecified atom stereocenters. The van der Waals surface area contributed by atoms with E-state index in [4.69, 9.17) is 0 Å². The Kier molecular flexibility index (Phi) is 3.79. The van der Waals surface area contributed by atoms with Crippen LogP contribution in [0.5, 0.6) is 0 Å². The normalized spacial score (nSPS) is 16.9. The molecule has 4 rings (SSSR count). The van der Waals surface area contributed by atoms with Gasteiger partial charge in [-0.1, -0.05) is 48.5 Å². The second-order valence-corrected chi connectivity index (χ2v) is 6.12. The third kappa shape index (κ3) is 2.75. The molecule has 1 atom stereocenters. The van der Waals surface area contributed by atoms with E-state index >= 15 is 0 Å². The minimum atomic E-state index is -4.50. The number of rotatable bonds is 2. The number of halogens is 3. The highest BCUT2D eigenvalue weighted by Crippen LogP contribution is 2.45. The zero-order chi connectivity index (χ0) is 18.3. The smallest absolute Gasteiger partial charge is 0.309 e. The number of nitrogens with one attached hydrogen (secondary N) is 2. The summed E-state index contributed by atoms with van der Waals surface area (Å²) in [6, 6.07) is 14.6. The van der Waals surface area contributed by atoms with Crippen LogP contribution in [0, 0.1) is 0 Å². The number of anilines is 1. The monoisotopic (exact) mass is 357 g/mol. The number of benzene rings is 2. The van der Waals surface area contributed by atoms with E-state index in [1.807, 2.05) is 30.3 Å². The van der Waals surface area contributed by atoms with Gasteiger partial charge >= 0.3 is 6.18 Å². The molecule has 3 aromatic rings. The van der Waals surface area contributed by atoms with Gasteiger partial charge in [-0.05, 0) is 17.2 Å². The maximum absolute atomic E-state index is 13.5. The molecule has 0 fully saturated rings. The molecule has 0 aliphatic carbocycles. The summed E-state index contributed by atoms with van der Waals surface area (Å²) < 4.78 is 40.5. The van der Waals surface area contributed by atoms with E-state index in [0.717, 1.165) is 11.6 Å². The number of H-pyrrole nitrogens is 1. The van der Waals surface area contributed by atoms with Crippen LogP contribution in [0.4, 0.5) is 19.0 Å². The maximum atomic E-state index is 13.5. The van der Waals surface area contributed by atoms with Crippen molar-refractivity contribution in [2.45, 2.75) is 18.5 Å². The summed E-state index contributed by atoms with van der Waals surface area (Å²) in [5, 5.41) is 9.62. The van der Waals surface area contributed by atoms with Crippen molar-refractivity contribution in [3.63, 3.8) is 0 Å². The number of hydrogen-bond donors (Lipinski definition) is 2. The van der Waals surface area contributed by atoms with Gasteiger partial charge in [0, 0.05) is 17.9 Å². The largest absolute Gasteiger partial charge is 0.416 e. The number of aromatic amines is 1. The van der Waals surface area contributed by atoms with Crippen molar-refractivity contribution in [3.8, 4) is 11.3 Å². The number of nitrogens with zero attached hydrogens (tertiary/aromatic N) is 1. The molecule has 2 aromatic carbocycles. The van der Waals surface area contributed by atoms with Crippen molar-refractivity contribution in [2.75, 3.05) is 5.32 Å². The van der Waals surface area contributed by atoms with Gasteiger partial charge in [0.2, 0.25) is 5.91 Å². The topological polar surface area (TPSA) is 57.8 Å². The second kappa shape index (κ2) is 6.01. The van der Waals surface area contributed by atoms with Crippen molar-refractivity contribution in [1.82, 2.24) is 10.2 Å². The molecule has 4 nitrogen and oxygen atoms in total. The van der Waals surface area contributed by atoms with Crippen molar-refractivity contribution in [1.29, 1.82) is 0 Å². The third-order valence-corrected chi connectivity index (χ3v) is 4.50. The maximum Gasteiger partial charge on any atom is 0.416 e. The predicted molar refractivity (Wildman–Crippen MR) is 90.6 cm³/mol. The Morgan fingerprint density at radius 1 is 1.00 bits per heavy atom. The lowest BCUT2D eigenvalue weighted by Gasteiger charge is -2.26. The molecule has 2 heterocycles. The molecule has 26 heavy (non-hydrogen) atoms. The van der Waals surface area contributed by atoms with E-state index in [2.05, 4.69) is 15.5 Å². The first-order valence-electron chi connectivity index (χ1n) is 8.05. The first-order chi connectivity index (χ1) is 12.4. The van der Waals surface area contributed by atoms with Gasteiger partial charge < -0.3 is 5.32 Å². The number of carbonyl (C=O) groups is 1. The van der Waals surface area contributed by atoms with E-state index in [-0.39, 0.29) is 23.7 Å². The molecule has 1 amide bonds. The second-order valence-electron chi connectivity index (χ2n) is 6.12. The summed E-state index contributed by atoms with van der Waals surface area (Å²) in [7, 11) is 0. The lowest BCUT2D eigenvalue weighted by molar-refractivity contribution is -0.138. The van der Waals surface area contributed by atoms with Crippen LogP contribution in [-0.4, -0.2) is 16.1 Å². The lowest BCUT2D eigenvalue weighted by Crippen LogP contribution is -2.25. The first-order valence-corrected chi connectivity index (χ1v) is 8.05. The average Bonchev–Trinajstić information content (AvgIpc) is 3.05. The van der Waals surface area contributed by atoms with E-state index in [1.54, 1.807) is 6.07 Å². The Hall–Kier alpha value is -3.09. The van der Waals surface area contributed by atoms with E-state index in [1.165, 1.54) is 12.1 Å². The number of aromatic nitrogens is 2. The molecule has 1 aromatic heterocycles. The highest BCUT2D eigenvalue weighted by atomic mass is 19.4. The van der Waals surface area contributed by atoms with Crippen LogP contribution in [-0.2, 0) is 11.0 Å². The summed E-state index contributed by atoms with van der Waals surface area (Å²) in [4.78, 5) is 12.1. The quantitative estimate of drug-likeness (QED) is 0.706. The molecule has 1 aliphatic rings. The number of fused-ring (bicyclic) bond motifs is 1. The molecule has 0 spiro atoms. The summed E-state index contributed by atoms with van der Waals surface area (Å²) in [6.07, 6.45) is -4.57. The molecular formula is C19H14F3N3O. The minimum Gasteiger partial charge on any atom is -0.309 e. The predicted octanol–water partition coefficient (Wildman–Crippen LogP) is 4.57. The van der Waals surface area contributed by atoms with Crippen LogP contribution < -0.4 is 5.32 Å². The third-order valence-electron chi connectivity index (χ3n) is 4.50. The number of hydrogen-bond acceptors (Lipinski definition) is 2.